The second-order valence-corrected chi connectivity index (χ2v) is 3.42. The van der Waals surface area contributed by atoms with Crippen molar-refractivity contribution in [3.05, 3.63) is 0 Å². The number of nitrogens with zero attached hydrogens (tertiary/aromatic N) is 1. The van der Waals surface area contributed by atoms with Crippen LogP contribution in [0.5, 0.6) is 0 Å². The van der Waals surface area contributed by atoms with Crippen LogP contribution in [0, 0.1) is 5.92 Å². The summed E-state index contributed by atoms with van der Waals surface area (Å²) in [5, 5.41) is 8.73. The smallest absolute Gasteiger partial charge is 0.407 e. The molecule has 1 unspecified atom stereocenters. The van der Waals surface area contributed by atoms with Crippen LogP contribution in [0.15, 0.2) is 0 Å². The normalized spacial score (nSPS) is 21.3. The molecule has 1 aliphatic rings. The number of esters is 1. The molecular weight excluding hydrogens is 202 g/mol. The number of amides is 1. The van der Waals surface area contributed by atoms with Crippen LogP contribution in [-0.2, 0) is 14.3 Å². The van der Waals surface area contributed by atoms with Crippen molar-refractivity contribution in [2.24, 2.45) is 5.92 Å². The summed E-state index contributed by atoms with van der Waals surface area (Å²) in [5.74, 6) is -1.11. The molecule has 1 rings (SSSR count). The highest BCUT2D eigenvalue weighted by Gasteiger charge is 2.31. The zero-order chi connectivity index (χ0) is 11.4. The van der Waals surface area contributed by atoms with Crippen LogP contribution >= 0.6 is 0 Å². The molecule has 1 aliphatic heterocycles. The molecule has 6 heteroatoms. The summed E-state index contributed by atoms with van der Waals surface area (Å²) in [6.07, 6.45) is -0.926. The lowest BCUT2D eigenvalue weighted by molar-refractivity contribution is -0.144. The molecule has 0 saturated carbocycles. The summed E-state index contributed by atoms with van der Waals surface area (Å²) in [7, 11) is 1.24. The van der Waals surface area contributed by atoms with Gasteiger partial charge in [0.2, 0.25) is 0 Å². The zero-order valence-corrected chi connectivity index (χ0v) is 8.43. The average Bonchev–Trinajstić information content (AvgIpc) is 2.20. The minimum absolute atomic E-state index is 0.0425. The fraction of sp³-hybridized carbons (Fsp3) is 0.667. The van der Waals surface area contributed by atoms with Crippen molar-refractivity contribution < 1.29 is 24.2 Å². The lowest BCUT2D eigenvalue weighted by Gasteiger charge is -2.28. The molecular formula is C9H13NO5. The molecule has 84 valence electrons. The van der Waals surface area contributed by atoms with Gasteiger partial charge in [0.05, 0.1) is 13.5 Å². The number of hydrogen-bond donors (Lipinski definition) is 1. The summed E-state index contributed by atoms with van der Waals surface area (Å²) in [5.41, 5.74) is 0. The van der Waals surface area contributed by atoms with Crippen molar-refractivity contribution in [3.8, 4) is 0 Å². The molecule has 0 aromatic rings. The van der Waals surface area contributed by atoms with Crippen LogP contribution in [0.25, 0.3) is 0 Å². The monoisotopic (exact) mass is 215 g/mol. The van der Waals surface area contributed by atoms with Gasteiger partial charge in [0, 0.05) is 25.4 Å². The predicted molar refractivity (Wildman–Crippen MR) is 49.3 cm³/mol. The Morgan fingerprint density at radius 1 is 1.60 bits per heavy atom. The molecule has 6 nitrogen and oxygen atoms in total. The lowest BCUT2D eigenvalue weighted by atomic mass is 9.94. The van der Waals surface area contributed by atoms with E-state index in [0.717, 1.165) is 4.90 Å². The quantitative estimate of drug-likeness (QED) is 0.661. The molecule has 0 aliphatic carbocycles. The lowest BCUT2D eigenvalue weighted by Crippen LogP contribution is -2.44. The third kappa shape index (κ3) is 2.93. The van der Waals surface area contributed by atoms with Crippen molar-refractivity contribution in [3.63, 3.8) is 0 Å². The molecule has 1 heterocycles. The van der Waals surface area contributed by atoms with E-state index in [1.165, 1.54) is 7.11 Å². The first kappa shape index (κ1) is 11.5. The van der Waals surface area contributed by atoms with E-state index in [1.54, 1.807) is 0 Å². The Labute approximate surface area is 86.8 Å². The Balaban J connectivity index is 2.57. The number of likely N-dealkylation sites (tertiary alicyclic amines) is 1. The van der Waals surface area contributed by atoms with Crippen LogP contribution in [0.3, 0.4) is 0 Å². The molecule has 1 saturated heterocycles. The van der Waals surface area contributed by atoms with Crippen molar-refractivity contribution in [2.75, 3.05) is 20.2 Å². The van der Waals surface area contributed by atoms with Crippen molar-refractivity contribution >= 4 is 17.8 Å². The molecule has 0 radical (unpaired) electrons. The van der Waals surface area contributed by atoms with E-state index in [0.29, 0.717) is 0 Å². The fourth-order valence-corrected chi connectivity index (χ4v) is 1.55. The van der Waals surface area contributed by atoms with Gasteiger partial charge in [-0.2, -0.15) is 0 Å². The molecule has 0 bridgehead atoms. The van der Waals surface area contributed by atoms with Crippen LogP contribution in [0.4, 0.5) is 4.79 Å². The van der Waals surface area contributed by atoms with Crippen LogP contribution in [0.2, 0.25) is 0 Å². The van der Waals surface area contributed by atoms with Crippen LogP contribution < -0.4 is 0 Å². The Kier molecular flexibility index (Phi) is 3.65. The van der Waals surface area contributed by atoms with Crippen LogP contribution in [0.1, 0.15) is 12.8 Å². The second kappa shape index (κ2) is 4.77. The summed E-state index contributed by atoms with van der Waals surface area (Å²) >= 11 is 0. The maximum Gasteiger partial charge on any atom is 0.407 e. The van der Waals surface area contributed by atoms with Crippen molar-refractivity contribution in [1.29, 1.82) is 0 Å². The third-order valence-electron chi connectivity index (χ3n) is 2.44. The standard InChI is InChI=1S/C9H13NO5/c1-15-8(12)4-6-5-10(9(13)14)3-2-7(6)11/h6H,2-5H2,1H3,(H,13,14). The Morgan fingerprint density at radius 3 is 2.80 bits per heavy atom. The van der Waals surface area contributed by atoms with E-state index in [4.69, 9.17) is 5.11 Å². The minimum Gasteiger partial charge on any atom is -0.469 e. The highest BCUT2D eigenvalue weighted by atomic mass is 16.5. The SMILES string of the molecule is COC(=O)CC1CN(C(=O)O)CCC1=O. The molecule has 1 atom stereocenters. The van der Waals surface area contributed by atoms with E-state index in [9.17, 15) is 14.4 Å². The van der Waals surface area contributed by atoms with Gasteiger partial charge < -0.3 is 14.7 Å². The van der Waals surface area contributed by atoms with Gasteiger partial charge in [0.15, 0.2) is 0 Å². The highest BCUT2D eigenvalue weighted by Crippen LogP contribution is 2.16. The van der Waals surface area contributed by atoms with Gasteiger partial charge in [-0.3, -0.25) is 9.59 Å². The maximum atomic E-state index is 11.4. The molecule has 0 aromatic carbocycles. The largest absolute Gasteiger partial charge is 0.469 e. The molecule has 1 amide bonds. The van der Waals surface area contributed by atoms with E-state index >= 15 is 0 Å². The molecule has 1 N–H and O–H groups in total. The first-order chi connectivity index (χ1) is 7.04. The number of hydrogen-bond acceptors (Lipinski definition) is 4. The van der Waals surface area contributed by atoms with Gasteiger partial charge in [0.25, 0.3) is 0 Å². The van der Waals surface area contributed by atoms with Gasteiger partial charge in [0.1, 0.15) is 5.78 Å². The van der Waals surface area contributed by atoms with Gasteiger partial charge in [-0.25, -0.2) is 4.79 Å². The van der Waals surface area contributed by atoms with Crippen molar-refractivity contribution in [1.82, 2.24) is 4.90 Å². The van der Waals surface area contributed by atoms with E-state index in [-0.39, 0.29) is 31.7 Å². The van der Waals surface area contributed by atoms with Gasteiger partial charge in [-0.15, -0.1) is 0 Å². The second-order valence-electron chi connectivity index (χ2n) is 3.42. The third-order valence-corrected chi connectivity index (χ3v) is 2.44. The number of ether oxygens (including phenoxy) is 1. The number of carbonyl (C=O) groups is 3. The fourth-order valence-electron chi connectivity index (χ4n) is 1.55. The molecule has 0 spiro atoms. The van der Waals surface area contributed by atoms with E-state index in [2.05, 4.69) is 4.74 Å². The summed E-state index contributed by atoms with van der Waals surface area (Å²) < 4.78 is 4.44. The molecule has 1 fully saturated rings. The van der Waals surface area contributed by atoms with Crippen LogP contribution in [-0.4, -0.2) is 48.1 Å². The average molecular weight is 215 g/mol. The van der Waals surface area contributed by atoms with Gasteiger partial charge >= 0.3 is 12.1 Å². The first-order valence-corrected chi connectivity index (χ1v) is 4.62. The summed E-state index contributed by atoms with van der Waals surface area (Å²) in [4.78, 5) is 34.2. The number of carboxylic acid groups (broad SMARTS) is 1. The Hall–Kier alpha value is -1.59. The maximum absolute atomic E-state index is 11.4. The number of methoxy groups -OCH3 is 1. The number of carbonyl (C=O) groups excluding carboxylic acids is 2. The summed E-state index contributed by atoms with van der Waals surface area (Å²) in [6, 6.07) is 0. The van der Waals surface area contributed by atoms with Gasteiger partial charge in [-0.1, -0.05) is 0 Å². The minimum atomic E-state index is -1.06. The number of rotatable bonds is 2. The van der Waals surface area contributed by atoms with Crippen molar-refractivity contribution in [2.45, 2.75) is 12.8 Å². The summed E-state index contributed by atoms with van der Waals surface area (Å²) in [6.45, 7) is 0.301. The molecule has 0 aromatic heterocycles. The molecule has 15 heavy (non-hydrogen) atoms. The highest BCUT2D eigenvalue weighted by molar-refractivity contribution is 5.87. The topological polar surface area (TPSA) is 83.9 Å². The Morgan fingerprint density at radius 2 is 2.27 bits per heavy atom. The first-order valence-electron chi connectivity index (χ1n) is 4.62. The van der Waals surface area contributed by atoms with E-state index in [1.807, 2.05) is 0 Å². The van der Waals surface area contributed by atoms with Gasteiger partial charge in [-0.05, 0) is 0 Å². The van der Waals surface area contributed by atoms with E-state index < -0.39 is 18.0 Å². The predicted octanol–water partition coefficient (Wildman–Crippen LogP) is 0.118. The number of ketones is 1. The zero-order valence-electron chi connectivity index (χ0n) is 8.43. The number of Topliss-reactive ketones (excluding diaryl/α,β-unsaturated/α-hetero) is 1. The number of piperidine rings is 1. The Bertz CT molecular complexity index is 288.